The minimum Gasteiger partial charge on any atom is -0.258 e. The van der Waals surface area contributed by atoms with E-state index in [1.54, 1.807) is 24.3 Å². The Morgan fingerprint density at radius 1 is 1.44 bits per heavy atom. The molecule has 0 N–H and O–H groups in total. The van der Waals surface area contributed by atoms with Crippen LogP contribution in [0.3, 0.4) is 0 Å². The van der Waals surface area contributed by atoms with Crippen molar-refractivity contribution < 1.29 is 4.92 Å². The van der Waals surface area contributed by atoms with E-state index in [-0.39, 0.29) is 11.3 Å². The molecule has 0 saturated carbocycles. The van der Waals surface area contributed by atoms with E-state index < -0.39 is 4.92 Å². The predicted molar refractivity (Wildman–Crippen MR) is 56.1 cm³/mol. The highest BCUT2D eigenvalue weighted by Gasteiger charge is 2.04. The van der Waals surface area contributed by atoms with Crippen molar-refractivity contribution >= 4 is 5.69 Å². The zero-order valence-corrected chi connectivity index (χ0v) is 8.25. The van der Waals surface area contributed by atoms with Crippen LogP contribution in [-0.2, 0) is 6.42 Å². The maximum Gasteiger partial charge on any atom is 0.269 e. The van der Waals surface area contributed by atoms with Gasteiger partial charge < -0.3 is 0 Å². The number of benzene rings is 1. The molecular weight excluding hydrogens is 206 g/mol. The molecule has 0 amide bonds. The molecule has 0 heterocycles. The molecule has 0 aliphatic carbocycles. The first-order chi connectivity index (χ1) is 7.67. The minimum atomic E-state index is -0.483. The van der Waals surface area contributed by atoms with Crippen molar-refractivity contribution in [2.75, 3.05) is 0 Å². The number of non-ortho nitro benzene ring substituents is 1. The van der Waals surface area contributed by atoms with Crippen molar-refractivity contribution in [1.29, 1.82) is 10.5 Å². The highest BCUT2D eigenvalue weighted by atomic mass is 16.6. The first-order valence-corrected chi connectivity index (χ1v) is 4.41. The maximum atomic E-state index is 10.5. The van der Waals surface area contributed by atoms with Gasteiger partial charge in [-0.1, -0.05) is 18.2 Å². The second-order valence-electron chi connectivity index (χ2n) is 2.97. The largest absolute Gasteiger partial charge is 0.269 e. The predicted octanol–water partition coefficient (Wildman–Crippen LogP) is 2.11. The standard InChI is InChI=1S/C11H7N3O2/c12-7-10(8-13)5-4-9-2-1-3-11(6-9)14(15)16/h1-3,5-6H,4H2. The number of allylic oxidation sites excluding steroid dienone is 2. The van der Waals surface area contributed by atoms with Crippen LogP contribution in [0.2, 0.25) is 0 Å². The number of nitriles is 2. The number of hydrogen-bond donors (Lipinski definition) is 0. The molecule has 1 aromatic rings. The van der Waals surface area contributed by atoms with E-state index in [2.05, 4.69) is 0 Å². The number of nitrogens with zero attached hydrogens (tertiary/aromatic N) is 3. The summed E-state index contributed by atoms with van der Waals surface area (Å²) in [4.78, 5) is 10.0. The molecule has 0 spiro atoms. The van der Waals surface area contributed by atoms with Gasteiger partial charge in [0.05, 0.1) is 4.92 Å². The van der Waals surface area contributed by atoms with Gasteiger partial charge >= 0.3 is 0 Å². The van der Waals surface area contributed by atoms with Gasteiger partial charge in [0, 0.05) is 12.1 Å². The van der Waals surface area contributed by atoms with Crippen molar-refractivity contribution in [1.82, 2.24) is 0 Å². The van der Waals surface area contributed by atoms with E-state index in [1.165, 1.54) is 18.2 Å². The summed E-state index contributed by atoms with van der Waals surface area (Å²) < 4.78 is 0. The SMILES string of the molecule is N#CC(C#N)=CCc1cccc([N+](=O)[O-])c1. The molecule has 0 fully saturated rings. The Bertz CT molecular complexity index is 505. The summed E-state index contributed by atoms with van der Waals surface area (Å²) in [5.41, 5.74) is 0.699. The zero-order valence-electron chi connectivity index (χ0n) is 8.25. The fraction of sp³-hybridized carbons (Fsp3) is 0.0909. The van der Waals surface area contributed by atoms with Crippen molar-refractivity contribution in [2.45, 2.75) is 6.42 Å². The van der Waals surface area contributed by atoms with Crippen LogP contribution in [0.25, 0.3) is 0 Å². The van der Waals surface area contributed by atoms with E-state index in [0.717, 1.165) is 0 Å². The van der Waals surface area contributed by atoms with Crippen molar-refractivity contribution in [3.8, 4) is 12.1 Å². The average molecular weight is 213 g/mol. The molecule has 1 aromatic carbocycles. The molecule has 0 aromatic heterocycles. The molecule has 0 radical (unpaired) electrons. The van der Waals surface area contributed by atoms with Crippen molar-refractivity contribution in [3.05, 3.63) is 51.6 Å². The van der Waals surface area contributed by atoms with Gasteiger partial charge in [0.2, 0.25) is 0 Å². The fourth-order valence-electron chi connectivity index (χ4n) is 1.13. The van der Waals surface area contributed by atoms with E-state index in [4.69, 9.17) is 10.5 Å². The minimum absolute atomic E-state index is 0.00126. The molecule has 0 aliphatic heterocycles. The highest BCUT2D eigenvalue weighted by Crippen LogP contribution is 2.14. The molecule has 5 heteroatoms. The lowest BCUT2D eigenvalue weighted by atomic mass is 10.1. The summed E-state index contributed by atoms with van der Waals surface area (Å²) in [5.74, 6) is 0. The highest BCUT2D eigenvalue weighted by molar-refractivity contribution is 5.39. The zero-order chi connectivity index (χ0) is 12.0. The van der Waals surface area contributed by atoms with E-state index >= 15 is 0 Å². The van der Waals surface area contributed by atoms with Crippen LogP contribution in [-0.4, -0.2) is 4.92 Å². The van der Waals surface area contributed by atoms with Crippen LogP contribution in [0, 0.1) is 32.8 Å². The third kappa shape index (κ3) is 2.93. The molecule has 0 unspecified atom stereocenters. The number of hydrogen-bond acceptors (Lipinski definition) is 4. The van der Waals surface area contributed by atoms with Crippen LogP contribution >= 0.6 is 0 Å². The summed E-state index contributed by atoms with van der Waals surface area (Å²) in [5, 5.41) is 27.5. The molecule has 0 bridgehead atoms. The summed E-state index contributed by atoms with van der Waals surface area (Å²) >= 11 is 0. The van der Waals surface area contributed by atoms with Crippen LogP contribution in [0.15, 0.2) is 35.9 Å². The van der Waals surface area contributed by atoms with Crippen LogP contribution in [0.5, 0.6) is 0 Å². The summed E-state index contributed by atoms with van der Waals surface area (Å²) in [6.07, 6.45) is 1.77. The van der Waals surface area contributed by atoms with Crippen molar-refractivity contribution in [3.63, 3.8) is 0 Å². The van der Waals surface area contributed by atoms with Gasteiger partial charge in [-0.05, 0) is 12.0 Å². The lowest BCUT2D eigenvalue weighted by Crippen LogP contribution is -1.89. The number of nitro benzene ring substituents is 1. The van der Waals surface area contributed by atoms with Gasteiger partial charge in [-0.25, -0.2) is 0 Å². The number of nitro groups is 1. The first-order valence-electron chi connectivity index (χ1n) is 4.41. The smallest absolute Gasteiger partial charge is 0.258 e. The fourth-order valence-corrected chi connectivity index (χ4v) is 1.13. The summed E-state index contributed by atoms with van der Waals surface area (Å²) in [6, 6.07) is 9.54. The maximum absolute atomic E-state index is 10.5. The molecule has 1 rings (SSSR count). The molecule has 0 saturated heterocycles. The molecule has 0 aliphatic rings. The third-order valence-corrected chi connectivity index (χ3v) is 1.90. The van der Waals surface area contributed by atoms with E-state index in [0.29, 0.717) is 12.0 Å². The Balaban J connectivity index is 2.88. The average Bonchev–Trinajstić information content (AvgIpc) is 2.31. The normalized spacial score (nSPS) is 8.62. The molecule has 16 heavy (non-hydrogen) atoms. The first kappa shape index (κ1) is 11.4. The Hall–Kier alpha value is -2.66. The Morgan fingerprint density at radius 3 is 2.69 bits per heavy atom. The molecule has 5 nitrogen and oxygen atoms in total. The van der Waals surface area contributed by atoms with E-state index in [9.17, 15) is 10.1 Å². The topological polar surface area (TPSA) is 90.7 Å². The lowest BCUT2D eigenvalue weighted by molar-refractivity contribution is -0.384. The summed E-state index contributed by atoms with van der Waals surface area (Å²) in [7, 11) is 0. The molecule has 78 valence electrons. The molecule has 0 atom stereocenters. The quantitative estimate of drug-likeness (QED) is 0.436. The van der Waals surface area contributed by atoms with Gasteiger partial charge in [-0.2, -0.15) is 10.5 Å². The molecular formula is C11H7N3O2. The van der Waals surface area contributed by atoms with Crippen molar-refractivity contribution in [2.24, 2.45) is 0 Å². The lowest BCUT2D eigenvalue weighted by Gasteiger charge is -1.96. The Kier molecular flexibility index (Phi) is 3.77. The van der Waals surface area contributed by atoms with Crippen LogP contribution in [0.4, 0.5) is 5.69 Å². The Labute approximate surface area is 92.0 Å². The third-order valence-electron chi connectivity index (χ3n) is 1.90. The monoisotopic (exact) mass is 213 g/mol. The van der Waals surface area contributed by atoms with E-state index in [1.807, 2.05) is 0 Å². The Morgan fingerprint density at radius 2 is 2.12 bits per heavy atom. The van der Waals surface area contributed by atoms with Gasteiger partial charge in [0.1, 0.15) is 17.7 Å². The second kappa shape index (κ2) is 5.28. The van der Waals surface area contributed by atoms with Gasteiger partial charge in [-0.15, -0.1) is 0 Å². The van der Waals surface area contributed by atoms with Crippen LogP contribution < -0.4 is 0 Å². The van der Waals surface area contributed by atoms with Gasteiger partial charge in [0.25, 0.3) is 5.69 Å². The summed E-state index contributed by atoms with van der Waals surface area (Å²) in [6.45, 7) is 0. The van der Waals surface area contributed by atoms with Gasteiger partial charge in [0.15, 0.2) is 0 Å². The second-order valence-corrected chi connectivity index (χ2v) is 2.97. The van der Waals surface area contributed by atoms with Crippen LogP contribution in [0.1, 0.15) is 5.56 Å². The number of rotatable bonds is 3. The van der Waals surface area contributed by atoms with Gasteiger partial charge in [-0.3, -0.25) is 10.1 Å².